The first kappa shape index (κ1) is 45.1. The smallest absolute Gasteiger partial charge is 0 e. The zero-order chi connectivity index (χ0) is 3.58. The van der Waals surface area contributed by atoms with Crippen LogP contribution in [0.2, 0.25) is 0 Å². The van der Waals surface area contributed by atoms with Crippen LogP contribution in [0.4, 0.5) is 0 Å². The minimum atomic E-state index is 0. The first-order valence-corrected chi connectivity index (χ1v) is 1.50. The van der Waals surface area contributed by atoms with Crippen molar-refractivity contribution in [1.29, 1.82) is 0 Å². The average molecular weight is 517 g/mol. The molecule has 0 aliphatic rings. The summed E-state index contributed by atoms with van der Waals surface area (Å²) in [5.41, 5.74) is 0. The fourth-order valence-electron chi connectivity index (χ4n) is 0. The Hall–Kier alpha value is 5.52. The van der Waals surface area contributed by atoms with Crippen LogP contribution in [0.25, 0.3) is 0 Å². The van der Waals surface area contributed by atoms with Crippen molar-refractivity contribution in [2.75, 3.05) is 0 Å². The maximum Gasteiger partial charge on any atom is 0 e. The molecule has 5 radical (unpaired) electrons. The normalized spacial score (nSPS) is 3.60. The van der Waals surface area contributed by atoms with E-state index in [1.807, 2.05) is 0 Å². The molecular weight excluding hydrogens is 505 g/mol. The van der Waals surface area contributed by atoms with Crippen LogP contribution in [-0.2, 0) is 164 Å². The summed E-state index contributed by atoms with van der Waals surface area (Å²) in [5, 5.41) is 0. The van der Waals surface area contributed by atoms with Gasteiger partial charge in [0.05, 0.1) is 0 Å². The molecule has 0 unspecified atom stereocenters. The Morgan fingerprint density at radius 1 is 0.600 bits per heavy atom. The third kappa shape index (κ3) is 69.6. The maximum absolute atomic E-state index is 2.08. The van der Waals surface area contributed by atoms with Gasteiger partial charge in [-0.3, -0.25) is 0 Å². The Balaban J connectivity index is -0.00000000300. The van der Waals surface area contributed by atoms with Crippen LogP contribution in [0.1, 0.15) is 20.8 Å². The summed E-state index contributed by atoms with van der Waals surface area (Å²) in [4.78, 5) is 0. The summed E-state index contributed by atoms with van der Waals surface area (Å²) in [7, 11) is 0. The quantitative estimate of drug-likeness (QED) is 0.433. The summed E-state index contributed by atoms with van der Waals surface area (Å²) in [6, 6.07) is 0. The van der Waals surface area contributed by atoms with Crippen LogP contribution in [-0.4, -0.2) is 0 Å². The third-order valence-corrected chi connectivity index (χ3v) is 0. The predicted molar refractivity (Wildman–Crippen MR) is 26.7 cm³/mol. The van der Waals surface area contributed by atoms with Crippen molar-refractivity contribution in [3.8, 4) is 0 Å². The molecule has 0 aliphatic carbocycles. The van der Waals surface area contributed by atoms with E-state index in [0.29, 0.717) is 0 Å². The van der Waals surface area contributed by atoms with Crippen molar-refractivity contribution < 1.29 is 164 Å². The fraction of sp³-hybridized carbons (Fsp3) is 0.600. The molecule has 0 heterocycles. The van der Waals surface area contributed by atoms with Crippen LogP contribution < -0.4 is 0 Å². The van der Waals surface area contributed by atoms with E-state index in [0.717, 1.165) is 0 Å². The molecule has 0 bridgehead atoms. The van der Waals surface area contributed by atoms with E-state index >= 15 is 0 Å². The van der Waals surface area contributed by atoms with E-state index in [1.165, 1.54) is 5.92 Å². The minimum Gasteiger partial charge on any atom is -0.358 e. The van der Waals surface area contributed by atoms with Crippen molar-refractivity contribution >= 4 is 0 Å². The van der Waals surface area contributed by atoms with Gasteiger partial charge in [0.25, 0.3) is 0 Å². The van der Waals surface area contributed by atoms with Crippen LogP contribution in [0.5, 0.6) is 0 Å². The molecule has 0 aliphatic heterocycles. The predicted octanol–water partition coefficient (Wildman–Crippen LogP) is 2.06. The third-order valence-electron chi connectivity index (χ3n) is 0. The van der Waals surface area contributed by atoms with Gasteiger partial charge in [-0.25, -0.2) is 0 Å². The van der Waals surface area contributed by atoms with Gasteiger partial charge in [-0.05, 0) is 0 Å². The van der Waals surface area contributed by atoms with Crippen molar-refractivity contribution in [2.45, 2.75) is 20.8 Å². The summed E-state index contributed by atoms with van der Waals surface area (Å²) < 4.78 is 0. The molecule has 0 saturated heterocycles. The molecule has 0 spiro atoms. The molecule has 0 N–H and O–H groups in total. The molecule has 0 nitrogen and oxygen atoms in total. The number of rotatable bonds is 0. The Morgan fingerprint density at radius 2 is 0.600 bits per heavy atom. The van der Waals surface area contributed by atoms with Crippen LogP contribution in [0.15, 0.2) is 0 Å². The fourth-order valence-corrected chi connectivity index (χ4v) is 0. The summed E-state index contributed by atoms with van der Waals surface area (Å²) in [5.74, 6) is 1.42. The van der Waals surface area contributed by atoms with Gasteiger partial charge < -0.3 is 13.3 Å². The molecule has 10 heavy (non-hydrogen) atoms. The van der Waals surface area contributed by atoms with Crippen LogP contribution in [0.3, 0.4) is 0 Å². The second-order valence-corrected chi connectivity index (χ2v) is 1.50. The van der Waals surface area contributed by atoms with Crippen LogP contribution >= 0.6 is 0 Å². The molecule has 0 aromatic heterocycles. The molecule has 0 saturated carbocycles. The molecule has 49 valence electrons. The summed E-state index contributed by atoms with van der Waals surface area (Å²) in [6.45, 7) is 6.25. The van der Waals surface area contributed by atoms with Crippen LogP contribution in [0, 0.1) is 13.3 Å². The van der Waals surface area contributed by atoms with Gasteiger partial charge in [-0.15, -0.1) is 0 Å². The van der Waals surface area contributed by atoms with Crippen molar-refractivity contribution in [2.24, 2.45) is 0 Å². The monoisotopic (exact) mass is 517 g/mol. The minimum absolute atomic E-state index is 0. The van der Waals surface area contributed by atoms with Gasteiger partial charge in [0, 0.05) is 164 Å². The molecular formula is C5H12Y5-2. The van der Waals surface area contributed by atoms with Crippen molar-refractivity contribution in [1.82, 2.24) is 0 Å². The molecule has 0 amide bonds. The largest absolute Gasteiger partial charge is 0.358 e. The molecule has 5 heteroatoms. The van der Waals surface area contributed by atoms with E-state index in [1.54, 1.807) is 0 Å². The van der Waals surface area contributed by atoms with E-state index in [4.69, 9.17) is 0 Å². The zero-order valence-electron chi connectivity index (χ0n) is 7.39. The van der Waals surface area contributed by atoms with E-state index in [9.17, 15) is 0 Å². The van der Waals surface area contributed by atoms with E-state index in [2.05, 4.69) is 20.8 Å². The second-order valence-electron chi connectivity index (χ2n) is 1.50. The van der Waals surface area contributed by atoms with Gasteiger partial charge in [-0.2, -0.15) is 20.8 Å². The molecule has 0 aromatic carbocycles. The molecule has 0 aromatic rings. The first-order chi connectivity index (χ1) is 1.73. The number of hydrogen-bond donors (Lipinski definition) is 0. The standard InChI is InChI=1S/C4H9.CH3.5Y/c1-4(2)3;;;;;;/h1-3H3;1H3;;;;;/q2*-1;;;;;. The van der Waals surface area contributed by atoms with Gasteiger partial charge in [-0.1, -0.05) is 0 Å². The van der Waals surface area contributed by atoms with Gasteiger partial charge in [0.15, 0.2) is 0 Å². The Kier molecular flexibility index (Phi) is 165. The number of hydrogen-bond acceptors (Lipinski definition) is 0. The van der Waals surface area contributed by atoms with Crippen molar-refractivity contribution in [3.05, 3.63) is 13.3 Å². The molecule has 0 rings (SSSR count). The van der Waals surface area contributed by atoms with Gasteiger partial charge in [0.1, 0.15) is 0 Å². The SMILES string of the molecule is C[C-](C)C.[CH3-].[Y].[Y].[Y].[Y].[Y]. The van der Waals surface area contributed by atoms with Crippen molar-refractivity contribution in [3.63, 3.8) is 0 Å². The Labute approximate surface area is 192 Å². The topological polar surface area (TPSA) is 0 Å². The average Bonchev–Trinajstić information content (AvgIpc) is 0.811. The van der Waals surface area contributed by atoms with Gasteiger partial charge in [0.2, 0.25) is 0 Å². The molecule has 0 atom stereocenters. The first-order valence-electron chi connectivity index (χ1n) is 1.50. The maximum atomic E-state index is 2.08. The summed E-state index contributed by atoms with van der Waals surface area (Å²) >= 11 is 0. The zero-order valence-corrected chi connectivity index (χ0v) is 21.6. The Bertz CT molecular complexity index is 14.8. The van der Waals surface area contributed by atoms with Gasteiger partial charge >= 0.3 is 0 Å². The summed E-state index contributed by atoms with van der Waals surface area (Å²) in [6.07, 6.45) is 0. The van der Waals surface area contributed by atoms with E-state index in [-0.39, 0.29) is 171 Å². The Morgan fingerprint density at radius 3 is 0.600 bits per heavy atom. The van der Waals surface area contributed by atoms with E-state index < -0.39 is 0 Å². The second kappa shape index (κ2) is 36.6. The molecule has 0 fully saturated rings.